The third-order valence-electron chi connectivity index (χ3n) is 1.53. The van der Waals surface area contributed by atoms with Crippen LogP contribution in [0.2, 0.25) is 4.44 Å². The van der Waals surface area contributed by atoms with Crippen molar-refractivity contribution in [1.29, 1.82) is 0 Å². The second kappa shape index (κ2) is 27.5. The maximum absolute atomic E-state index is 9.00. The topological polar surface area (TPSA) is 112 Å². The van der Waals surface area contributed by atoms with Gasteiger partial charge in [0, 0.05) is 20.8 Å². The van der Waals surface area contributed by atoms with Gasteiger partial charge in [-0.25, -0.2) is 0 Å². The van der Waals surface area contributed by atoms with Crippen LogP contribution in [0.4, 0.5) is 0 Å². The molecule has 0 heterocycles. The molecule has 0 aliphatic heterocycles. The Morgan fingerprint density at radius 1 is 0.714 bits per heavy atom. The molecule has 125 valence electrons. The maximum atomic E-state index is 9.00. The molecule has 7 heteroatoms. The van der Waals surface area contributed by atoms with E-state index in [1.165, 1.54) is 43.0 Å². The van der Waals surface area contributed by atoms with E-state index in [9.17, 15) is 0 Å². The van der Waals surface area contributed by atoms with E-state index in [1.54, 1.807) is 22.5 Å². The predicted octanol–water partition coefficient (Wildman–Crippen LogP) is 3.21. The molecule has 0 aliphatic rings. The van der Waals surface area contributed by atoms with Crippen LogP contribution in [0.1, 0.15) is 66.2 Å². The van der Waals surface area contributed by atoms with Crippen molar-refractivity contribution in [2.24, 2.45) is 0 Å². The van der Waals surface area contributed by atoms with Gasteiger partial charge in [-0.2, -0.15) is 0 Å². The molecule has 0 aliphatic carbocycles. The van der Waals surface area contributed by atoms with E-state index in [2.05, 4.69) is 6.92 Å². The van der Waals surface area contributed by atoms with Gasteiger partial charge in [0.1, 0.15) is 0 Å². The molecule has 0 atom stereocenters. The van der Waals surface area contributed by atoms with E-state index in [-0.39, 0.29) is 0 Å². The number of carboxylic acids is 3. The molecule has 3 radical (unpaired) electrons. The summed E-state index contributed by atoms with van der Waals surface area (Å²) in [6.07, 6.45) is 8.71. The van der Waals surface area contributed by atoms with E-state index in [4.69, 9.17) is 29.7 Å². The van der Waals surface area contributed by atoms with E-state index >= 15 is 0 Å². The first kappa shape index (κ1) is 28.4. The van der Waals surface area contributed by atoms with E-state index in [0.717, 1.165) is 20.8 Å². The molecule has 21 heavy (non-hydrogen) atoms. The molecule has 3 N–H and O–H groups in total. The van der Waals surface area contributed by atoms with Crippen molar-refractivity contribution in [2.45, 2.75) is 70.7 Å². The Kier molecular flexibility index (Phi) is 37.2. The number of carbonyl (C=O) groups is 3. The number of carboxylic acid groups (broad SMARTS) is 3. The van der Waals surface area contributed by atoms with Crippen LogP contribution >= 0.6 is 0 Å². The monoisotopic (exact) mass is 413 g/mol. The van der Waals surface area contributed by atoms with Gasteiger partial charge in [0.25, 0.3) is 17.9 Å². The van der Waals surface area contributed by atoms with Crippen molar-refractivity contribution in [3.63, 3.8) is 0 Å². The van der Waals surface area contributed by atoms with Crippen molar-refractivity contribution in [3.05, 3.63) is 0 Å². The zero-order valence-electron chi connectivity index (χ0n) is 13.5. The molecular formula is C14H29O6Sn. The molecule has 0 aromatic heterocycles. The van der Waals surface area contributed by atoms with Crippen LogP contribution < -0.4 is 0 Å². The zero-order valence-corrected chi connectivity index (χ0v) is 16.4. The van der Waals surface area contributed by atoms with Crippen molar-refractivity contribution in [1.82, 2.24) is 0 Å². The summed E-state index contributed by atoms with van der Waals surface area (Å²) in [7, 11) is 0. The second-order valence-corrected chi connectivity index (χ2v) is 5.50. The predicted molar refractivity (Wildman–Crippen MR) is 83.9 cm³/mol. The normalized spacial score (nSPS) is 7.86. The molecule has 0 fully saturated rings. The van der Waals surface area contributed by atoms with Crippen LogP contribution in [-0.2, 0) is 14.4 Å². The molecule has 0 spiro atoms. The average molecular weight is 412 g/mol. The number of hydrogen-bond acceptors (Lipinski definition) is 3. The van der Waals surface area contributed by atoms with Crippen LogP contribution in [0.25, 0.3) is 0 Å². The van der Waals surface area contributed by atoms with Gasteiger partial charge < -0.3 is 15.3 Å². The summed E-state index contributed by atoms with van der Waals surface area (Å²) in [6, 6.07) is 0. The Hall–Kier alpha value is -0.791. The van der Waals surface area contributed by atoms with E-state index in [0.29, 0.717) is 0 Å². The fourth-order valence-corrected chi connectivity index (χ4v) is 1.62. The number of aliphatic carboxylic acids is 3. The molecule has 0 saturated carbocycles. The summed E-state index contributed by atoms with van der Waals surface area (Å²) < 4.78 is 1.46. The summed E-state index contributed by atoms with van der Waals surface area (Å²) >= 11 is 1.71. The zero-order chi connectivity index (χ0) is 17.7. The first-order chi connectivity index (χ1) is 9.61. The van der Waals surface area contributed by atoms with E-state index < -0.39 is 17.9 Å². The summed E-state index contributed by atoms with van der Waals surface area (Å²) in [4.78, 5) is 27.0. The Morgan fingerprint density at radius 2 is 0.952 bits per heavy atom. The molecular weight excluding hydrogens is 383 g/mol. The van der Waals surface area contributed by atoms with Crippen molar-refractivity contribution < 1.29 is 29.7 Å². The van der Waals surface area contributed by atoms with Gasteiger partial charge in [0.15, 0.2) is 0 Å². The SMILES string of the molecule is CC(=O)O.CC(=O)O.CC(=O)O.CCCCCCC[CH2][Sn]. The van der Waals surface area contributed by atoms with Gasteiger partial charge in [-0.05, 0) is 0 Å². The quantitative estimate of drug-likeness (QED) is 0.457. The van der Waals surface area contributed by atoms with Gasteiger partial charge >= 0.3 is 72.4 Å². The van der Waals surface area contributed by atoms with Gasteiger partial charge in [-0.15, -0.1) is 0 Å². The Bertz CT molecular complexity index is 197. The number of rotatable bonds is 6. The molecule has 0 amide bonds. The Labute approximate surface area is 141 Å². The third kappa shape index (κ3) is 210. The third-order valence-corrected chi connectivity index (χ3v) is 2.54. The fraction of sp³-hybridized carbons (Fsp3) is 0.786. The molecule has 0 bridgehead atoms. The summed E-state index contributed by atoms with van der Waals surface area (Å²) in [6.45, 7) is 5.52. The van der Waals surface area contributed by atoms with Crippen LogP contribution in [-0.4, -0.2) is 55.8 Å². The average Bonchev–Trinajstić information content (AvgIpc) is 2.26. The molecule has 6 nitrogen and oxygen atoms in total. The molecule has 0 aromatic rings. The van der Waals surface area contributed by atoms with Crippen LogP contribution in [0, 0.1) is 0 Å². The van der Waals surface area contributed by atoms with Crippen molar-refractivity contribution in [2.75, 3.05) is 0 Å². The number of hydrogen-bond donors (Lipinski definition) is 3. The fourth-order valence-electron chi connectivity index (χ4n) is 0.905. The summed E-state index contributed by atoms with van der Waals surface area (Å²) in [5.74, 6) is -2.50. The summed E-state index contributed by atoms with van der Waals surface area (Å²) in [5, 5.41) is 22.2. The first-order valence-corrected chi connectivity index (χ1v) is 8.86. The van der Waals surface area contributed by atoms with Crippen molar-refractivity contribution >= 4 is 40.4 Å². The molecule has 0 unspecified atom stereocenters. The first-order valence-electron chi connectivity index (χ1n) is 6.84. The Balaban J connectivity index is -0.000000102. The van der Waals surface area contributed by atoms with Crippen molar-refractivity contribution in [3.8, 4) is 0 Å². The minimum absolute atomic E-state index is 0.833. The van der Waals surface area contributed by atoms with Crippen LogP contribution in [0.15, 0.2) is 0 Å². The standard InChI is InChI=1S/C8H17.3C2H4O2.Sn/c1-3-5-7-8-6-4-2;3*1-2(3)4;/h1,3-8H2,2H3;3*1H3,(H,3,4);. The minimum atomic E-state index is -0.833. The van der Waals surface area contributed by atoms with Crippen LogP contribution in [0.5, 0.6) is 0 Å². The van der Waals surface area contributed by atoms with Gasteiger partial charge in [0.2, 0.25) is 0 Å². The van der Waals surface area contributed by atoms with Gasteiger partial charge in [-0.3, -0.25) is 14.4 Å². The summed E-state index contributed by atoms with van der Waals surface area (Å²) in [5.41, 5.74) is 0. The van der Waals surface area contributed by atoms with Gasteiger partial charge in [-0.1, -0.05) is 0 Å². The second-order valence-electron chi connectivity index (χ2n) is 4.07. The molecule has 0 aromatic carbocycles. The Morgan fingerprint density at radius 3 is 1.19 bits per heavy atom. The van der Waals surface area contributed by atoms with E-state index in [1.807, 2.05) is 0 Å². The molecule has 0 saturated heterocycles. The van der Waals surface area contributed by atoms with Gasteiger partial charge in [0.05, 0.1) is 0 Å². The van der Waals surface area contributed by atoms with Crippen LogP contribution in [0.3, 0.4) is 0 Å². The molecule has 0 rings (SSSR count). The number of unbranched alkanes of at least 4 members (excludes halogenated alkanes) is 5.